The summed E-state index contributed by atoms with van der Waals surface area (Å²) < 4.78 is 18.7. The molecule has 0 unspecified atom stereocenters. The van der Waals surface area contributed by atoms with E-state index >= 15 is 0 Å². The zero-order chi connectivity index (χ0) is 20.8. The fourth-order valence-electron chi connectivity index (χ4n) is 5.54. The summed E-state index contributed by atoms with van der Waals surface area (Å²) in [7, 11) is 1.71. The highest BCUT2D eigenvalue weighted by Gasteiger charge is 2.43. The monoisotopic (exact) mass is 409 g/mol. The number of hydrogen-bond acceptors (Lipinski definition) is 4. The molecule has 0 radical (unpaired) electrons. The molecule has 158 valence electrons. The number of rotatable bonds is 4. The van der Waals surface area contributed by atoms with E-state index in [0.717, 1.165) is 43.6 Å². The van der Waals surface area contributed by atoms with Crippen molar-refractivity contribution in [3.63, 3.8) is 0 Å². The van der Waals surface area contributed by atoms with Gasteiger partial charge in [0.15, 0.2) is 0 Å². The molecule has 1 saturated heterocycles. The molecule has 1 aromatic carbocycles. The smallest absolute Gasteiger partial charge is 0.230 e. The summed E-state index contributed by atoms with van der Waals surface area (Å²) in [4.78, 5) is 15.5. The van der Waals surface area contributed by atoms with E-state index in [2.05, 4.69) is 23.3 Å². The Morgan fingerprint density at radius 3 is 2.83 bits per heavy atom. The van der Waals surface area contributed by atoms with Crippen LogP contribution in [-0.2, 0) is 9.53 Å². The lowest BCUT2D eigenvalue weighted by Gasteiger charge is -2.32. The quantitative estimate of drug-likeness (QED) is 0.819. The highest BCUT2D eigenvalue weighted by atomic mass is 19.1. The average molecular weight is 410 g/mol. The molecule has 1 amide bonds. The molecule has 1 fully saturated rings. The zero-order valence-electron chi connectivity index (χ0n) is 17.5. The molecule has 3 atom stereocenters. The second-order valence-corrected chi connectivity index (χ2v) is 8.65. The van der Waals surface area contributed by atoms with Gasteiger partial charge in [0, 0.05) is 31.3 Å². The first kappa shape index (κ1) is 19.4. The molecular weight excluding hydrogens is 381 g/mol. The summed E-state index contributed by atoms with van der Waals surface area (Å²) in [6.07, 6.45) is 8.12. The van der Waals surface area contributed by atoms with Gasteiger partial charge in [-0.2, -0.15) is 0 Å². The van der Waals surface area contributed by atoms with E-state index in [1.54, 1.807) is 19.2 Å². The molecule has 2 heterocycles. The van der Waals surface area contributed by atoms with E-state index in [0.29, 0.717) is 6.61 Å². The van der Waals surface area contributed by atoms with Crippen molar-refractivity contribution in [2.24, 2.45) is 11.8 Å². The lowest BCUT2D eigenvalue weighted by atomic mass is 9.80. The number of benzene rings is 1. The molecule has 5 nitrogen and oxygen atoms in total. The second-order valence-electron chi connectivity index (χ2n) is 8.65. The molecular formula is C24H28FN3O2. The molecule has 30 heavy (non-hydrogen) atoms. The lowest BCUT2D eigenvalue weighted by molar-refractivity contribution is -0.136. The number of allylic oxidation sites excluding steroid dienone is 3. The van der Waals surface area contributed by atoms with E-state index in [1.165, 1.54) is 28.9 Å². The minimum atomic E-state index is -0.243. The summed E-state index contributed by atoms with van der Waals surface area (Å²) >= 11 is 0. The van der Waals surface area contributed by atoms with Gasteiger partial charge in [-0.05, 0) is 67.2 Å². The van der Waals surface area contributed by atoms with Gasteiger partial charge in [-0.3, -0.25) is 9.80 Å². The van der Waals surface area contributed by atoms with Crippen LogP contribution in [0.15, 0.2) is 59.0 Å². The first-order chi connectivity index (χ1) is 14.6. The molecule has 0 saturated carbocycles. The maximum absolute atomic E-state index is 13.5. The summed E-state index contributed by atoms with van der Waals surface area (Å²) in [5, 5.41) is 2.00. The Kier molecular flexibility index (Phi) is 4.89. The molecule has 5 rings (SSSR count). The molecule has 0 aromatic heterocycles. The van der Waals surface area contributed by atoms with Crippen LogP contribution < -0.4 is 10.4 Å². The van der Waals surface area contributed by atoms with Crippen molar-refractivity contribution in [3.8, 4) is 0 Å². The van der Waals surface area contributed by atoms with Gasteiger partial charge in [0.1, 0.15) is 5.82 Å². The molecule has 4 aliphatic rings. The van der Waals surface area contributed by atoms with Crippen molar-refractivity contribution in [1.82, 2.24) is 10.3 Å². The number of likely N-dealkylation sites (tertiary alicyclic amines) is 1. The molecule has 6 heteroatoms. The van der Waals surface area contributed by atoms with Gasteiger partial charge >= 0.3 is 0 Å². The normalized spacial score (nSPS) is 27.6. The van der Waals surface area contributed by atoms with E-state index in [4.69, 9.17) is 4.74 Å². The predicted octanol–water partition coefficient (Wildman–Crippen LogP) is 3.91. The number of hydrazine groups is 1. The Balaban J connectivity index is 1.43. The van der Waals surface area contributed by atoms with Crippen molar-refractivity contribution in [2.75, 3.05) is 25.3 Å². The number of ether oxygens (including phenoxy) is 1. The van der Waals surface area contributed by atoms with Crippen LogP contribution in [-0.4, -0.2) is 37.1 Å². The van der Waals surface area contributed by atoms with Crippen molar-refractivity contribution < 1.29 is 13.9 Å². The van der Waals surface area contributed by atoms with E-state index in [-0.39, 0.29) is 29.6 Å². The van der Waals surface area contributed by atoms with E-state index < -0.39 is 0 Å². The molecule has 1 aromatic rings. The Morgan fingerprint density at radius 2 is 2.07 bits per heavy atom. The van der Waals surface area contributed by atoms with Gasteiger partial charge in [0.2, 0.25) is 5.91 Å². The number of halogens is 1. The number of carbonyl (C=O) groups is 1. The van der Waals surface area contributed by atoms with Crippen molar-refractivity contribution in [2.45, 2.75) is 38.6 Å². The van der Waals surface area contributed by atoms with Gasteiger partial charge in [-0.1, -0.05) is 6.92 Å². The van der Waals surface area contributed by atoms with Crippen LogP contribution in [0.25, 0.3) is 0 Å². The molecule has 2 aliphatic heterocycles. The van der Waals surface area contributed by atoms with Crippen LogP contribution in [0.2, 0.25) is 0 Å². The van der Waals surface area contributed by atoms with Crippen LogP contribution in [0.3, 0.4) is 0 Å². The number of amides is 1. The first-order valence-corrected chi connectivity index (χ1v) is 10.8. The highest BCUT2D eigenvalue weighted by Crippen LogP contribution is 2.48. The van der Waals surface area contributed by atoms with Gasteiger partial charge in [-0.25, -0.2) is 4.39 Å². The van der Waals surface area contributed by atoms with Crippen molar-refractivity contribution in [3.05, 3.63) is 64.8 Å². The van der Waals surface area contributed by atoms with Crippen LogP contribution in [0.5, 0.6) is 0 Å². The fourth-order valence-corrected chi connectivity index (χ4v) is 5.54. The van der Waals surface area contributed by atoms with E-state index in [1.807, 2.05) is 11.2 Å². The number of anilines is 1. The predicted molar refractivity (Wildman–Crippen MR) is 114 cm³/mol. The molecule has 0 bridgehead atoms. The standard InChI is InChI=1S/C24H28FN3O2/c1-15-21-13-26-28(18-8-6-17(25)7-9-18)22(21)12-16-5-10-20(23(15)16)24(29)27-11-3-4-19(27)14-30-2/h6-9,12-13,15,19-20,26H,3-5,10-11,14H2,1-2H3/t15-,19+,20-/m0/s1. The van der Waals surface area contributed by atoms with Gasteiger partial charge in [-0.15, -0.1) is 0 Å². The SMILES string of the molecule is COC[C@H]1CCCN1C(=O)[C@H]1CCC2=C1[C@@H](C)C1=CNN(c3ccc(F)cc3)C1=C2. The van der Waals surface area contributed by atoms with Crippen molar-refractivity contribution in [1.29, 1.82) is 0 Å². The Morgan fingerprint density at radius 1 is 1.27 bits per heavy atom. The summed E-state index contributed by atoms with van der Waals surface area (Å²) in [6.45, 7) is 3.65. The third-order valence-corrected chi connectivity index (χ3v) is 6.98. The van der Waals surface area contributed by atoms with Crippen LogP contribution in [0, 0.1) is 17.7 Å². The second kappa shape index (κ2) is 7.58. The topological polar surface area (TPSA) is 44.8 Å². The van der Waals surface area contributed by atoms with Crippen LogP contribution in [0.1, 0.15) is 32.6 Å². The zero-order valence-corrected chi connectivity index (χ0v) is 17.5. The molecule has 2 aliphatic carbocycles. The van der Waals surface area contributed by atoms with Gasteiger partial charge in [0.05, 0.1) is 30.0 Å². The largest absolute Gasteiger partial charge is 0.383 e. The van der Waals surface area contributed by atoms with Crippen LogP contribution >= 0.6 is 0 Å². The number of hydrogen-bond donors (Lipinski definition) is 1. The maximum atomic E-state index is 13.5. The average Bonchev–Trinajstić information content (AvgIpc) is 3.47. The van der Waals surface area contributed by atoms with E-state index in [9.17, 15) is 9.18 Å². The number of carbonyl (C=O) groups excluding carboxylic acids is 1. The minimum absolute atomic E-state index is 0.0361. The Hall–Kier alpha value is -2.60. The lowest BCUT2D eigenvalue weighted by Crippen LogP contribution is -2.42. The highest BCUT2D eigenvalue weighted by molar-refractivity contribution is 5.84. The molecule has 0 spiro atoms. The summed E-state index contributed by atoms with van der Waals surface area (Å²) in [5.41, 5.74) is 9.06. The number of fused-ring (bicyclic) bond motifs is 1. The Labute approximate surface area is 176 Å². The number of nitrogens with one attached hydrogen (secondary N) is 1. The minimum Gasteiger partial charge on any atom is -0.383 e. The van der Waals surface area contributed by atoms with Crippen LogP contribution in [0.4, 0.5) is 10.1 Å². The summed E-state index contributed by atoms with van der Waals surface area (Å²) in [5.74, 6) is 0.169. The first-order valence-electron chi connectivity index (χ1n) is 10.8. The number of methoxy groups -OCH3 is 1. The third-order valence-electron chi connectivity index (χ3n) is 6.98. The Bertz CT molecular complexity index is 950. The molecule has 1 N–H and O–H groups in total. The third kappa shape index (κ3) is 3.05. The number of nitrogens with zero attached hydrogens (tertiary/aromatic N) is 2. The summed E-state index contributed by atoms with van der Waals surface area (Å²) in [6, 6.07) is 6.71. The van der Waals surface area contributed by atoms with Gasteiger partial charge in [0.25, 0.3) is 0 Å². The fraction of sp³-hybridized carbons (Fsp3) is 0.458. The van der Waals surface area contributed by atoms with Gasteiger partial charge < -0.3 is 15.1 Å². The van der Waals surface area contributed by atoms with Crippen molar-refractivity contribution >= 4 is 11.6 Å². The maximum Gasteiger partial charge on any atom is 0.230 e.